The predicted molar refractivity (Wildman–Crippen MR) is 78.8 cm³/mol. The summed E-state index contributed by atoms with van der Waals surface area (Å²) in [4.78, 5) is 0. The van der Waals surface area contributed by atoms with Gasteiger partial charge in [0, 0.05) is 5.69 Å². The van der Waals surface area contributed by atoms with Crippen LogP contribution in [0.3, 0.4) is 0 Å². The summed E-state index contributed by atoms with van der Waals surface area (Å²) in [5.74, 6) is 1.24. The molecule has 0 saturated carbocycles. The van der Waals surface area contributed by atoms with E-state index in [2.05, 4.69) is 15.5 Å². The number of nitrogens with zero attached hydrogens (tertiary/aromatic N) is 2. The number of hydrogen-bond donors (Lipinski definition) is 1. The molecule has 0 aliphatic rings. The van der Waals surface area contributed by atoms with Crippen molar-refractivity contribution in [2.24, 2.45) is 0 Å². The number of aromatic nitrogens is 2. The van der Waals surface area contributed by atoms with E-state index >= 15 is 0 Å². The van der Waals surface area contributed by atoms with Crippen LogP contribution < -0.4 is 10.1 Å². The van der Waals surface area contributed by atoms with E-state index in [1.165, 1.54) is 12.1 Å². The molecule has 0 bridgehead atoms. The Labute approximate surface area is 126 Å². The van der Waals surface area contributed by atoms with Crippen LogP contribution in [0.1, 0.15) is 11.8 Å². The van der Waals surface area contributed by atoms with Crippen LogP contribution in [0.25, 0.3) is 0 Å². The molecule has 0 saturated heterocycles. The van der Waals surface area contributed by atoms with Crippen molar-refractivity contribution < 1.29 is 13.5 Å². The first kappa shape index (κ1) is 14.1. The molecule has 2 aromatic carbocycles. The molecule has 1 N–H and O–H groups in total. The maximum Gasteiger partial charge on any atom is 0.253 e. The Bertz CT molecular complexity index is 731. The van der Waals surface area contributed by atoms with Crippen molar-refractivity contribution in [3.63, 3.8) is 0 Å². The number of para-hydroxylation sites is 1. The van der Waals surface area contributed by atoms with Crippen LogP contribution >= 0.6 is 0 Å². The Morgan fingerprint density at radius 3 is 2.64 bits per heavy atom. The SMILES string of the molecule is Fc1cccc(NCc2nnc(COc3ccccc3)o2)c1. The van der Waals surface area contributed by atoms with Gasteiger partial charge < -0.3 is 14.5 Å². The fourth-order valence-corrected chi connectivity index (χ4v) is 1.86. The van der Waals surface area contributed by atoms with Crippen molar-refractivity contribution in [1.29, 1.82) is 0 Å². The summed E-state index contributed by atoms with van der Waals surface area (Å²) in [6.07, 6.45) is 0. The highest BCUT2D eigenvalue weighted by atomic mass is 19.1. The molecule has 0 fully saturated rings. The maximum absolute atomic E-state index is 13.1. The summed E-state index contributed by atoms with van der Waals surface area (Å²) >= 11 is 0. The summed E-state index contributed by atoms with van der Waals surface area (Å²) in [6.45, 7) is 0.527. The van der Waals surface area contributed by atoms with Crippen LogP contribution in [-0.2, 0) is 13.2 Å². The molecule has 3 rings (SSSR count). The van der Waals surface area contributed by atoms with Crippen molar-refractivity contribution in [2.45, 2.75) is 13.2 Å². The van der Waals surface area contributed by atoms with Gasteiger partial charge in [-0.05, 0) is 30.3 Å². The van der Waals surface area contributed by atoms with Gasteiger partial charge >= 0.3 is 0 Å². The normalized spacial score (nSPS) is 10.4. The molecular weight excluding hydrogens is 285 g/mol. The summed E-state index contributed by atoms with van der Waals surface area (Å²) in [6, 6.07) is 15.6. The Kier molecular flexibility index (Phi) is 4.29. The van der Waals surface area contributed by atoms with Crippen LogP contribution in [-0.4, -0.2) is 10.2 Å². The van der Waals surface area contributed by atoms with Crippen molar-refractivity contribution in [3.8, 4) is 5.75 Å². The second-order valence-corrected chi connectivity index (χ2v) is 4.56. The van der Waals surface area contributed by atoms with Gasteiger partial charge in [-0.25, -0.2) is 4.39 Å². The summed E-state index contributed by atoms with van der Waals surface area (Å²) < 4.78 is 24.0. The topological polar surface area (TPSA) is 60.2 Å². The van der Waals surface area contributed by atoms with Crippen LogP contribution in [0.5, 0.6) is 5.75 Å². The average Bonchev–Trinajstić information content (AvgIpc) is 3.00. The quantitative estimate of drug-likeness (QED) is 0.756. The Morgan fingerprint density at radius 2 is 1.82 bits per heavy atom. The molecule has 1 heterocycles. The zero-order valence-electron chi connectivity index (χ0n) is 11.7. The number of halogens is 1. The Balaban J connectivity index is 1.53. The number of rotatable bonds is 6. The van der Waals surface area contributed by atoms with Crippen LogP contribution in [0.4, 0.5) is 10.1 Å². The number of ether oxygens (including phenoxy) is 1. The number of anilines is 1. The fraction of sp³-hybridized carbons (Fsp3) is 0.125. The van der Waals surface area contributed by atoms with Crippen LogP contribution in [0.15, 0.2) is 59.0 Å². The van der Waals surface area contributed by atoms with Gasteiger partial charge in [0.25, 0.3) is 5.89 Å². The zero-order chi connectivity index (χ0) is 15.2. The van der Waals surface area contributed by atoms with Gasteiger partial charge in [0.15, 0.2) is 6.61 Å². The molecule has 1 aromatic heterocycles. The van der Waals surface area contributed by atoms with E-state index in [-0.39, 0.29) is 12.4 Å². The lowest BCUT2D eigenvalue weighted by molar-refractivity contribution is 0.259. The van der Waals surface area contributed by atoms with Gasteiger partial charge in [0.2, 0.25) is 5.89 Å². The highest BCUT2D eigenvalue weighted by Crippen LogP contribution is 2.13. The third kappa shape index (κ3) is 3.82. The van der Waals surface area contributed by atoms with Gasteiger partial charge in [-0.3, -0.25) is 0 Å². The summed E-state index contributed by atoms with van der Waals surface area (Å²) in [5, 5.41) is 10.8. The molecule has 112 valence electrons. The first-order chi connectivity index (χ1) is 10.8. The highest BCUT2D eigenvalue weighted by Gasteiger charge is 2.07. The summed E-state index contributed by atoms with van der Waals surface area (Å²) in [5.41, 5.74) is 0.653. The molecule has 0 spiro atoms. The third-order valence-electron chi connectivity index (χ3n) is 2.88. The number of benzene rings is 2. The van der Waals surface area contributed by atoms with Gasteiger partial charge in [0.1, 0.15) is 11.6 Å². The molecule has 3 aromatic rings. The number of hydrogen-bond acceptors (Lipinski definition) is 5. The van der Waals surface area contributed by atoms with E-state index in [9.17, 15) is 4.39 Å². The summed E-state index contributed by atoms with van der Waals surface area (Å²) in [7, 11) is 0. The third-order valence-corrected chi connectivity index (χ3v) is 2.88. The minimum absolute atomic E-state index is 0.205. The van der Waals surface area contributed by atoms with E-state index < -0.39 is 0 Å². The van der Waals surface area contributed by atoms with Crippen molar-refractivity contribution in [2.75, 3.05) is 5.32 Å². The van der Waals surface area contributed by atoms with Gasteiger partial charge in [-0.15, -0.1) is 10.2 Å². The second kappa shape index (κ2) is 6.71. The standard InChI is InChI=1S/C16H14FN3O2/c17-12-5-4-6-13(9-12)18-10-15-19-20-16(22-15)11-21-14-7-2-1-3-8-14/h1-9,18H,10-11H2. The van der Waals surface area contributed by atoms with Crippen LogP contribution in [0, 0.1) is 5.82 Å². The van der Waals surface area contributed by atoms with Crippen molar-refractivity contribution in [3.05, 3.63) is 72.2 Å². The molecular formula is C16H14FN3O2. The second-order valence-electron chi connectivity index (χ2n) is 4.56. The molecule has 0 aliphatic heterocycles. The average molecular weight is 299 g/mol. The highest BCUT2D eigenvalue weighted by molar-refractivity contribution is 5.42. The molecule has 0 unspecified atom stereocenters. The van der Waals surface area contributed by atoms with E-state index in [4.69, 9.17) is 9.15 Å². The first-order valence-electron chi connectivity index (χ1n) is 6.78. The smallest absolute Gasteiger partial charge is 0.253 e. The lowest BCUT2D eigenvalue weighted by Gasteiger charge is -2.03. The Morgan fingerprint density at radius 1 is 1.00 bits per heavy atom. The van der Waals surface area contributed by atoms with Gasteiger partial charge in [-0.1, -0.05) is 24.3 Å². The van der Waals surface area contributed by atoms with Gasteiger partial charge in [-0.2, -0.15) is 0 Å². The largest absolute Gasteiger partial charge is 0.484 e. The Hall–Kier alpha value is -2.89. The fourth-order valence-electron chi connectivity index (χ4n) is 1.86. The van der Waals surface area contributed by atoms with Crippen LogP contribution in [0.2, 0.25) is 0 Å². The van der Waals surface area contributed by atoms with E-state index in [0.717, 1.165) is 5.75 Å². The van der Waals surface area contributed by atoms with E-state index in [1.54, 1.807) is 12.1 Å². The number of nitrogens with one attached hydrogen (secondary N) is 1. The van der Waals surface area contributed by atoms with Crippen molar-refractivity contribution in [1.82, 2.24) is 10.2 Å². The molecule has 0 atom stereocenters. The van der Waals surface area contributed by atoms with E-state index in [1.807, 2.05) is 30.3 Å². The lowest BCUT2D eigenvalue weighted by Crippen LogP contribution is -1.99. The molecule has 0 amide bonds. The monoisotopic (exact) mass is 299 g/mol. The van der Waals surface area contributed by atoms with E-state index in [0.29, 0.717) is 24.0 Å². The molecule has 5 nitrogen and oxygen atoms in total. The molecule has 6 heteroatoms. The maximum atomic E-state index is 13.1. The minimum atomic E-state index is -0.299. The van der Waals surface area contributed by atoms with Gasteiger partial charge in [0.05, 0.1) is 6.54 Å². The molecule has 0 radical (unpaired) electrons. The van der Waals surface area contributed by atoms with Crippen molar-refractivity contribution >= 4 is 5.69 Å². The lowest BCUT2D eigenvalue weighted by atomic mass is 10.3. The molecule has 0 aliphatic carbocycles. The first-order valence-corrected chi connectivity index (χ1v) is 6.78. The minimum Gasteiger partial charge on any atom is -0.484 e. The zero-order valence-corrected chi connectivity index (χ0v) is 11.7. The molecule has 22 heavy (non-hydrogen) atoms. The predicted octanol–water partition coefficient (Wildman–Crippen LogP) is 3.40.